The minimum atomic E-state index is -3.64. The van der Waals surface area contributed by atoms with Crippen molar-refractivity contribution in [3.8, 4) is 11.5 Å². The van der Waals surface area contributed by atoms with E-state index < -0.39 is 21.7 Å². The van der Waals surface area contributed by atoms with Gasteiger partial charge in [-0.1, -0.05) is 29.8 Å². The summed E-state index contributed by atoms with van der Waals surface area (Å²) in [6, 6.07) is 17.7. The number of amides is 1. The third-order valence-electron chi connectivity index (χ3n) is 5.57. The molecular formula is C25H28ClN3O6S. The van der Waals surface area contributed by atoms with E-state index in [0.29, 0.717) is 27.6 Å². The number of hydrogen-bond acceptors (Lipinski definition) is 7. The lowest BCUT2D eigenvalue weighted by molar-refractivity contribution is -0.122. The SMILES string of the molecule is COc1ccc(C(C)(NC[C@@H](O)c2ccc(O)c(NS(C)(=O)=O)c2)C(=O)Nc2ccc(Cl)cc2)cc1. The van der Waals surface area contributed by atoms with E-state index in [4.69, 9.17) is 16.3 Å². The van der Waals surface area contributed by atoms with E-state index in [1.807, 2.05) is 0 Å². The number of aliphatic hydroxyl groups is 1. The van der Waals surface area contributed by atoms with Crippen molar-refractivity contribution in [2.45, 2.75) is 18.6 Å². The number of phenols is 1. The number of carbonyl (C=O) groups excluding carboxylic acids is 1. The standard InChI is InChI=1S/C25H28ClN3O6S/c1-25(17-5-11-20(35-2)12-6-17,24(32)28-19-9-7-18(26)8-10-19)27-15-23(31)16-4-13-22(30)21(14-16)29-36(3,33)34/h4-14,23,27,29-31H,15H2,1-3H3,(H,28,32)/t23-,25?/m1/s1. The van der Waals surface area contributed by atoms with Gasteiger partial charge in [0.1, 0.15) is 17.0 Å². The molecule has 0 saturated carbocycles. The molecule has 1 unspecified atom stereocenters. The first-order chi connectivity index (χ1) is 16.9. The zero-order chi connectivity index (χ0) is 26.5. The molecule has 0 fully saturated rings. The summed E-state index contributed by atoms with van der Waals surface area (Å²) in [6.45, 7) is 1.61. The van der Waals surface area contributed by atoms with Crippen LogP contribution in [-0.4, -0.2) is 44.4 Å². The predicted octanol–water partition coefficient (Wildman–Crippen LogP) is 3.60. The molecule has 0 radical (unpaired) electrons. The van der Waals surface area contributed by atoms with Gasteiger partial charge in [-0.25, -0.2) is 8.42 Å². The molecule has 36 heavy (non-hydrogen) atoms. The Labute approximate surface area is 215 Å². The lowest BCUT2D eigenvalue weighted by Crippen LogP contribution is -2.50. The van der Waals surface area contributed by atoms with Gasteiger partial charge in [-0.3, -0.25) is 14.8 Å². The van der Waals surface area contributed by atoms with Gasteiger partial charge in [-0.2, -0.15) is 0 Å². The maximum Gasteiger partial charge on any atom is 0.249 e. The van der Waals surface area contributed by atoms with Crippen LogP contribution in [-0.2, 0) is 20.4 Å². The minimum Gasteiger partial charge on any atom is -0.506 e. The molecule has 0 aliphatic heterocycles. The summed E-state index contributed by atoms with van der Waals surface area (Å²) in [5, 5.41) is 27.3. The number of anilines is 2. The molecule has 0 saturated heterocycles. The van der Waals surface area contributed by atoms with Crippen LogP contribution in [0.1, 0.15) is 24.2 Å². The second-order valence-corrected chi connectivity index (χ2v) is 10.5. The van der Waals surface area contributed by atoms with Crippen LogP contribution < -0.4 is 20.1 Å². The van der Waals surface area contributed by atoms with Gasteiger partial charge in [-0.15, -0.1) is 0 Å². The van der Waals surface area contributed by atoms with Crippen molar-refractivity contribution >= 4 is 38.9 Å². The zero-order valence-corrected chi connectivity index (χ0v) is 21.5. The van der Waals surface area contributed by atoms with E-state index in [-0.39, 0.29) is 23.9 Å². The van der Waals surface area contributed by atoms with Gasteiger partial charge in [0.15, 0.2) is 0 Å². The van der Waals surface area contributed by atoms with E-state index in [1.54, 1.807) is 62.6 Å². The molecule has 0 aromatic heterocycles. The number of nitrogens with one attached hydrogen (secondary N) is 3. The van der Waals surface area contributed by atoms with Crippen LogP contribution in [0.2, 0.25) is 5.02 Å². The van der Waals surface area contributed by atoms with Crippen LogP contribution in [0.25, 0.3) is 0 Å². The van der Waals surface area contributed by atoms with Crippen molar-refractivity contribution in [3.05, 3.63) is 82.9 Å². The molecule has 0 bridgehead atoms. The van der Waals surface area contributed by atoms with Crippen molar-refractivity contribution in [3.63, 3.8) is 0 Å². The molecule has 3 aromatic rings. The molecule has 3 aromatic carbocycles. The Bertz CT molecular complexity index is 1320. The van der Waals surface area contributed by atoms with Crippen LogP contribution in [0.4, 0.5) is 11.4 Å². The van der Waals surface area contributed by atoms with Gasteiger partial charge in [0.25, 0.3) is 0 Å². The lowest BCUT2D eigenvalue weighted by atomic mass is 9.90. The molecule has 0 heterocycles. The van der Waals surface area contributed by atoms with Gasteiger partial charge < -0.3 is 20.3 Å². The lowest BCUT2D eigenvalue weighted by Gasteiger charge is -2.31. The second kappa shape index (κ2) is 11.2. The number of ether oxygens (including phenoxy) is 1. The van der Waals surface area contributed by atoms with E-state index in [0.717, 1.165) is 6.26 Å². The number of halogens is 1. The Morgan fingerprint density at radius 2 is 1.72 bits per heavy atom. The molecule has 0 aliphatic carbocycles. The molecule has 11 heteroatoms. The van der Waals surface area contributed by atoms with Crippen LogP contribution >= 0.6 is 11.6 Å². The monoisotopic (exact) mass is 533 g/mol. The van der Waals surface area contributed by atoms with Crippen molar-refractivity contribution in [2.75, 3.05) is 29.9 Å². The Balaban J connectivity index is 1.86. The van der Waals surface area contributed by atoms with Crippen molar-refractivity contribution in [1.29, 1.82) is 0 Å². The molecule has 192 valence electrons. The number of aliphatic hydroxyl groups excluding tert-OH is 1. The number of aromatic hydroxyl groups is 1. The topological polar surface area (TPSA) is 137 Å². The third-order valence-corrected chi connectivity index (χ3v) is 6.42. The summed E-state index contributed by atoms with van der Waals surface area (Å²) in [7, 11) is -2.10. The Hall–Kier alpha value is -3.31. The Morgan fingerprint density at radius 1 is 1.08 bits per heavy atom. The fraction of sp³-hybridized carbons (Fsp3) is 0.240. The summed E-state index contributed by atoms with van der Waals surface area (Å²) in [5.41, 5.74) is 0.153. The summed E-state index contributed by atoms with van der Waals surface area (Å²) >= 11 is 5.94. The van der Waals surface area contributed by atoms with Crippen LogP contribution in [0, 0.1) is 0 Å². The number of carbonyl (C=O) groups is 1. The largest absolute Gasteiger partial charge is 0.506 e. The van der Waals surface area contributed by atoms with E-state index in [9.17, 15) is 23.4 Å². The quantitative estimate of drug-likeness (QED) is 0.251. The van der Waals surface area contributed by atoms with Crippen molar-refractivity contribution in [1.82, 2.24) is 5.32 Å². The van der Waals surface area contributed by atoms with E-state index in [2.05, 4.69) is 15.4 Å². The third kappa shape index (κ3) is 6.88. The van der Waals surface area contributed by atoms with Gasteiger partial charge in [0.05, 0.1) is 25.2 Å². The highest BCUT2D eigenvalue weighted by Crippen LogP contribution is 2.30. The first-order valence-electron chi connectivity index (χ1n) is 10.9. The highest BCUT2D eigenvalue weighted by atomic mass is 35.5. The summed E-state index contributed by atoms with van der Waals surface area (Å²) < 4.78 is 30.6. The normalized spacial score (nSPS) is 13.9. The number of phenolic OH excluding ortho intramolecular Hbond substituents is 1. The highest BCUT2D eigenvalue weighted by Gasteiger charge is 2.35. The van der Waals surface area contributed by atoms with E-state index >= 15 is 0 Å². The van der Waals surface area contributed by atoms with Crippen LogP contribution in [0.5, 0.6) is 11.5 Å². The highest BCUT2D eigenvalue weighted by molar-refractivity contribution is 7.92. The average Bonchev–Trinajstić information content (AvgIpc) is 2.84. The van der Waals surface area contributed by atoms with Crippen molar-refractivity contribution in [2.24, 2.45) is 0 Å². The molecule has 5 N–H and O–H groups in total. The number of sulfonamides is 1. The van der Waals surface area contributed by atoms with Crippen LogP contribution in [0.15, 0.2) is 66.7 Å². The van der Waals surface area contributed by atoms with E-state index in [1.165, 1.54) is 18.2 Å². The first-order valence-corrected chi connectivity index (χ1v) is 13.1. The number of methoxy groups -OCH3 is 1. The predicted molar refractivity (Wildman–Crippen MR) is 140 cm³/mol. The molecule has 1 amide bonds. The maximum atomic E-state index is 13.4. The Kier molecular flexibility index (Phi) is 8.47. The average molecular weight is 534 g/mol. The number of hydrogen-bond donors (Lipinski definition) is 5. The van der Waals surface area contributed by atoms with Gasteiger partial charge >= 0.3 is 0 Å². The summed E-state index contributed by atoms with van der Waals surface area (Å²) in [6.07, 6.45) is -0.178. The second-order valence-electron chi connectivity index (χ2n) is 8.36. The molecule has 2 atom stereocenters. The van der Waals surface area contributed by atoms with Gasteiger partial charge in [-0.05, 0) is 66.6 Å². The fourth-order valence-electron chi connectivity index (χ4n) is 3.49. The first kappa shape index (κ1) is 27.3. The molecule has 9 nitrogen and oxygen atoms in total. The molecule has 0 aliphatic rings. The van der Waals surface area contributed by atoms with Crippen LogP contribution in [0.3, 0.4) is 0 Å². The minimum absolute atomic E-state index is 0.0625. The van der Waals surface area contributed by atoms with Gasteiger partial charge in [0, 0.05) is 17.3 Å². The summed E-state index contributed by atoms with van der Waals surface area (Å²) in [5.74, 6) is -0.0451. The number of rotatable bonds is 10. The zero-order valence-electron chi connectivity index (χ0n) is 19.9. The molecular weight excluding hydrogens is 506 g/mol. The Morgan fingerprint density at radius 3 is 2.31 bits per heavy atom. The fourth-order valence-corrected chi connectivity index (χ4v) is 4.18. The molecule has 3 rings (SSSR count). The smallest absolute Gasteiger partial charge is 0.249 e. The maximum absolute atomic E-state index is 13.4. The number of benzene rings is 3. The molecule has 0 spiro atoms. The van der Waals surface area contributed by atoms with Crippen molar-refractivity contribution < 1.29 is 28.2 Å². The van der Waals surface area contributed by atoms with Gasteiger partial charge in [0.2, 0.25) is 15.9 Å². The summed E-state index contributed by atoms with van der Waals surface area (Å²) in [4.78, 5) is 13.4.